The molecule has 0 saturated heterocycles. The summed E-state index contributed by atoms with van der Waals surface area (Å²) < 4.78 is 9.90. The van der Waals surface area contributed by atoms with Gasteiger partial charge >= 0.3 is 11.9 Å². The molecule has 5 nitrogen and oxygen atoms in total. The van der Waals surface area contributed by atoms with Crippen LogP contribution >= 0.6 is 11.8 Å². The second-order valence-corrected chi connectivity index (χ2v) is 5.10. The number of ether oxygens (including phenoxy) is 2. The minimum atomic E-state index is -1.09. The van der Waals surface area contributed by atoms with Gasteiger partial charge in [-0.15, -0.1) is 11.8 Å². The van der Waals surface area contributed by atoms with Gasteiger partial charge in [-0.25, -0.2) is 0 Å². The van der Waals surface area contributed by atoms with Crippen molar-refractivity contribution in [3.05, 3.63) is 0 Å². The highest BCUT2D eigenvalue weighted by Gasteiger charge is 2.49. The fourth-order valence-corrected chi connectivity index (χ4v) is 2.36. The van der Waals surface area contributed by atoms with Gasteiger partial charge in [-0.3, -0.25) is 14.4 Å². The number of thioether (sulfide) groups is 1. The maximum atomic E-state index is 12.0. The van der Waals surface area contributed by atoms with Crippen LogP contribution in [0.25, 0.3) is 0 Å². The Balaban J connectivity index is 2.67. The molecule has 0 heterocycles. The van der Waals surface area contributed by atoms with Crippen LogP contribution in [0.3, 0.4) is 0 Å². The van der Waals surface area contributed by atoms with Gasteiger partial charge in [0.25, 0.3) is 0 Å². The lowest BCUT2D eigenvalue weighted by molar-refractivity contribution is -0.160. The number of rotatable bonds is 6. The number of esters is 2. The second kappa shape index (κ2) is 6.78. The zero-order chi connectivity index (χ0) is 13.6. The van der Waals surface area contributed by atoms with E-state index in [-0.39, 0.29) is 24.7 Å². The number of hydrogen-bond acceptors (Lipinski definition) is 6. The average Bonchev–Trinajstić information content (AvgIpc) is 2.68. The van der Waals surface area contributed by atoms with Gasteiger partial charge < -0.3 is 9.47 Å². The smallest absolute Gasteiger partial charge is 0.320 e. The van der Waals surface area contributed by atoms with Gasteiger partial charge in [0.15, 0.2) is 0 Å². The summed E-state index contributed by atoms with van der Waals surface area (Å²) in [6, 6.07) is 0. The molecule has 0 N–H and O–H groups in total. The lowest BCUT2D eigenvalue weighted by atomic mass is 9.82. The molecule has 1 aliphatic rings. The molecule has 102 valence electrons. The van der Waals surface area contributed by atoms with E-state index in [1.165, 1.54) is 18.7 Å². The van der Waals surface area contributed by atoms with E-state index in [0.717, 1.165) is 0 Å². The van der Waals surface area contributed by atoms with Crippen LogP contribution in [0.5, 0.6) is 0 Å². The van der Waals surface area contributed by atoms with E-state index >= 15 is 0 Å². The van der Waals surface area contributed by atoms with Crippen molar-refractivity contribution in [2.24, 2.45) is 5.41 Å². The molecule has 18 heavy (non-hydrogen) atoms. The monoisotopic (exact) mass is 274 g/mol. The number of carbonyl (C=O) groups excluding carboxylic acids is 3. The molecule has 1 aliphatic carbocycles. The van der Waals surface area contributed by atoms with Crippen molar-refractivity contribution in [2.45, 2.75) is 32.6 Å². The molecule has 0 aliphatic heterocycles. The lowest BCUT2D eigenvalue weighted by Crippen LogP contribution is -2.38. The summed E-state index contributed by atoms with van der Waals surface area (Å²) in [6.07, 6.45) is 3.61. The van der Waals surface area contributed by atoms with Gasteiger partial charge in [0.2, 0.25) is 0 Å². The Morgan fingerprint density at radius 1 is 1.39 bits per heavy atom. The van der Waals surface area contributed by atoms with Crippen LogP contribution in [0.4, 0.5) is 0 Å². The highest BCUT2D eigenvalue weighted by Crippen LogP contribution is 2.39. The third-order valence-electron chi connectivity index (χ3n) is 3.07. The van der Waals surface area contributed by atoms with Crippen molar-refractivity contribution in [1.82, 2.24) is 0 Å². The van der Waals surface area contributed by atoms with Gasteiger partial charge in [-0.2, -0.15) is 0 Å². The van der Waals surface area contributed by atoms with Crippen molar-refractivity contribution in [3.63, 3.8) is 0 Å². The first-order valence-corrected chi connectivity index (χ1v) is 7.25. The highest BCUT2D eigenvalue weighted by molar-refractivity contribution is 7.98. The van der Waals surface area contributed by atoms with Crippen molar-refractivity contribution < 1.29 is 23.9 Å². The minimum absolute atomic E-state index is 0.0788. The van der Waals surface area contributed by atoms with Gasteiger partial charge in [0.05, 0.1) is 6.61 Å². The molecular weight excluding hydrogens is 256 g/mol. The third-order valence-corrected chi connectivity index (χ3v) is 3.43. The van der Waals surface area contributed by atoms with E-state index in [4.69, 9.17) is 9.47 Å². The summed E-state index contributed by atoms with van der Waals surface area (Å²) in [4.78, 5) is 34.7. The van der Waals surface area contributed by atoms with Crippen LogP contribution in [0.1, 0.15) is 32.6 Å². The molecule has 0 radical (unpaired) electrons. The van der Waals surface area contributed by atoms with Crippen LogP contribution in [-0.4, -0.2) is 36.5 Å². The average molecular weight is 274 g/mol. The Kier molecular flexibility index (Phi) is 5.65. The van der Waals surface area contributed by atoms with Crippen LogP contribution < -0.4 is 0 Å². The van der Waals surface area contributed by atoms with Crippen molar-refractivity contribution in [3.8, 4) is 0 Å². The largest absolute Gasteiger partial charge is 0.466 e. The van der Waals surface area contributed by atoms with Gasteiger partial charge in [0.1, 0.15) is 17.1 Å². The minimum Gasteiger partial charge on any atom is -0.466 e. The summed E-state index contributed by atoms with van der Waals surface area (Å²) >= 11 is 1.38. The predicted molar refractivity (Wildman–Crippen MR) is 67.0 cm³/mol. The molecular formula is C12H18O5S. The van der Waals surface area contributed by atoms with Crippen LogP contribution in [0.2, 0.25) is 0 Å². The predicted octanol–water partition coefficient (Wildman–Crippen LogP) is 1.54. The summed E-state index contributed by atoms with van der Waals surface area (Å²) in [5.74, 6) is -0.748. The van der Waals surface area contributed by atoms with E-state index in [1.807, 2.05) is 6.26 Å². The van der Waals surface area contributed by atoms with Gasteiger partial charge in [-0.05, 0) is 19.1 Å². The SMILES string of the molecule is CSCOC(=O)C1(CCOC(C)=O)CCCC1=O. The Hall–Kier alpha value is -1.04. The lowest BCUT2D eigenvalue weighted by Gasteiger charge is -2.24. The zero-order valence-electron chi connectivity index (χ0n) is 10.7. The van der Waals surface area contributed by atoms with E-state index in [1.54, 1.807) is 0 Å². The third kappa shape index (κ3) is 3.48. The molecule has 0 aromatic heterocycles. The van der Waals surface area contributed by atoms with E-state index < -0.39 is 17.4 Å². The normalized spacial score (nSPS) is 22.9. The molecule has 1 saturated carbocycles. The van der Waals surface area contributed by atoms with E-state index in [0.29, 0.717) is 19.3 Å². The molecule has 1 rings (SSSR count). The molecule has 1 atom stereocenters. The Bertz CT molecular complexity index is 341. The van der Waals surface area contributed by atoms with E-state index in [2.05, 4.69) is 0 Å². The maximum Gasteiger partial charge on any atom is 0.320 e. The fraction of sp³-hybridized carbons (Fsp3) is 0.750. The first kappa shape index (κ1) is 15.0. The van der Waals surface area contributed by atoms with Crippen molar-refractivity contribution >= 4 is 29.5 Å². The fourth-order valence-electron chi connectivity index (χ4n) is 2.13. The topological polar surface area (TPSA) is 69.7 Å². The number of carbonyl (C=O) groups is 3. The van der Waals surface area contributed by atoms with Crippen LogP contribution in [-0.2, 0) is 23.9 Å². The summed E-state index contributed by atoms with van der Waals surface area (Å²) in [5, 5.41) is 0. The molecule has 0 aromatic rings. The number of hydrogen-bond donors (Lipinski definition) is 0. The Morgan fingerprint density at radius 3 is 2.61 bits per heavy atom. The molecule has 6 heteroatoms. The molecule has 0 amide bonds. The zero-order valence-corrected chi connectivity index (χ0v) is 11.5. The number of Topliss-reactive ketones (excluding diaryl/α,β-unsaturated/α-hetero) is 1. The van der Waals surface area contributed by atoms with Crippen molar-refractivity contribution in [1.29, 1.82) is 0 Å². The summed E-state index contributed by atoms with van der Waals surface area (Å²) in [5.41, 5.74) is -1.09. The maximum absolute atomic E-state index is 12.0. The summed E-state index contributed by atoms with van der Waals surface area (Å²) in [7, 11) is 0. The Labute approximate surface area is 111 Å². The molecule has 0 bridgehead atoms. The summed E-state index contributed by atoms with van der Waals surface area (Å²) in [6.45, 7) is 1.38. The standard InChI is InChI=1S/C12H18O5S/c1-9(13)16-7-6-12(5-3-4-10(12)14)11(15)17-8-18-2/h3-8H2,1-2H3. The molecule has 0 spiro atoms. The van der Waals surface area contributed by atoms with Crippen molar-refractivity contribution in [2.75, 3.05) is 18.8 Å². The Morgan fingerprint density at radius 2 is 2.11 bits per heavy atom. The first-order valence-electron chi connectivity index (χ1n) is 5.86. The second-order valence-electron chi connectivity index (χ2n) is 4.29. The number of ketones is 1. The quantitative estimate of drug-likeness (QED) is 0.416. The van der Waals surface area contributed by atoms with Crippen LogP contribution in [0.15, 0.2) is 0 Å². The van der Waals surface area contributed by atoms with Gasteiger partial charge in [0, 0.05) is 19.8 Å². The molecule has 1 unspecified atom stereocenters. The van der Waals surface area contributed by atoms with E-state index in [9.17, 15) is 14.4 Å². The first-order chi connectivity index (χ1) is 8.53. The van der Waals surface area contributed by atoms with Crippen LogP contribution in [0, 0.1) is 5.41 Å². The molecule has 1 fully saturated rings. The molecule has 0 aromatic carbocycles. The highest BCUT2D eigenvalue weighted by atomic mass is 32.2. The van der Waals surface area contributed by atoms with Gasteiger partial charge in [-0.1, -0.05) is 0 Å².